The molecule has 4 nitrogen and oxygen atoms in total. The standard InChI is InChI=1S/C22H22ClN3OS/c23-17-9-5-11-19(13-17)25-22-26-20(14-28-22)16-8-4-10-18(12-16)24-21(27)15-6-2-1-3-7-15/h4-5,8-15H,1-3,6-7H2,(H,24,27)(H,25,26). The van der Waals surface area contributed by atoms with E-state index in [1.54, 1.807) is 0 Å². The number of nitrogens with one attached hydrogen (secondary N) is 2. The summed E-state index contributed by atoms with van der Waals surface area (Å²) in [6.07, 6.45) is 5.54. The fraction of sp³-hybridized carbons (Fsp3) is 0.273. The number of hydrogen-bond acceptors (Lipinski definition) is 4. The van der Waals surface area contributed by atoms with Crippen LogP contribution in [0.4, 0.5) is 16.5 Å². The predicted molar refractivity (Wildman–Crippen MR) is 117 cm³/mol. The number of carbonyl (C=O) groups excluding carboxylic acids is 1. The number of halogens is 1. The van der Waals surface area contributed by atoms with Crippen molar-refractivity contribution < 1.29 is 4.79 Å². The van der Waals surface area contributed by atoms with E-state index in [4.69, 9.17) is 11.6 Å². The van der Waals surface area contributed by atoms with E-state index in [9.17, 15) is 4.79 Å². The van der Waals surface area contributed by atoms with Crippen LogP contribution in [0.2, 0.25) is 5.02 Å². The molecule has 1 saturated carbocycles. The number of carbonyl (C=O) groups is 1. The lowest BCUT2D eigenvalue weighted by atomic mass is 9.88. The molecular weight excluding hydrogens is 390 g/mol. The molecule has 0 radical (unpaired) electrons. The highest BCUT2D eigenvalue weighted by Crippen LogP contribution is 2.30. The van der Waals surface area contributed by atoms with Crippen molar-refractivity contribution in [2.45, 2.75) is 32.1 Å². The minimum absolute atomic E-state index is 0.137. The SMILES string of the molecule is O=C(Nc1cccc(-c2csc(Nc3cccc(Cl)c3)n2)c1)C1CCCCC1. The van der Waals surface area contributed by atoms with Gasteiger partial charge in [0.05, 0.1) is 5.69 Å². The molecule has 1 fully saturated rings. The van der Waals surface area contributed by atoms with Crippen molar-refractivity contribution in [3.05, 3.63) is 58.9 Å². The normalized spacial score (nSPS) is 14.6. The average molecular weight is 412 g/mol. The van der Waals surface area contributed by atoms with E-state index in [0.717, 1.165) is 53.4 Å². The van der Waals surface area contributed by atoms with Crippen molar-refractivity contribution in [1.29, 1.82) is 0 Å². The van der Waals surface area contributed by atoms with Gasteiger partial charge in [-0.3, -0.25) is 4.79 Å². The molecule has 0 unspecified atom stereocenters. The van der Waals surface area contributed by atoms with E-state index >= 15 is 0 Å². The Kier molecular flexibility index (Phi) is 5.93. The molecule has 6 heteroatoms. The molecule has 0 bridgehead atoms. The van der Waals surface area contributed by atoms with Crippen LogP contribution in [0.1, 0.15) is 32.1 Å². The molecule has 4 rings (SSSR count). The van der Waals surface area contributed by atoms with Gasteiger partial charge in [-0.15, -0.1) is 11.3 Å². The monoisotopic (exact) mass is 411 g/mol. The first-order valence-electron chi connectivity index (χ1n) is 9.57. The van der Waals surface area contributed by atoms with Crippen molar-refractivity contribution >= 4 is 45.4 Å². The largest absolute Gasteiger partial charge is 0.331 e. The predicted octanol–water partition coefficient (Wildman–Crippen LogP) is 6.73. The second-order valence-corrected chi connectivity index (χ2v) is 8.37. The van der Waals surface area contributed by atoms with Crippen LogP contribution < -0.4 is 10.6 Å². The molecular formula is C22H22ClN3OS. The second-order valence-electron chi connectivity index (χ2n) is 7.08. The van der Waals surface area contributed by atoms with Crippen LogP contribution >= 0.6 is 22.9 Å². The first-order chi connectivity index (χ1) is 13.7. The Labute approximate surface area is 174 Å². The number of nitrogens with zero attached hydrogens (tertiary/aromatic N) is 1. The van der Waals surface area contributed by atoms with E-state index in [-0.39, 0.29) is 11.8 Å². The molecule has 3 aromatic rings. The number of anilines is 3. The smallest absolute Gasteiger partial charge is 0.227 e. The van der Waals surface area contributed by atoms with Crippen LogP contribution in [-0.2, 0) is 4.79 Å². The fourth-order valence-electron chi connectivity index (χ4n) is 3.52. The first-order valence-corrected chi connectivity index (χ1v) is 10.8. The Hall–Kier alpha value is -2.37. The van der Waals surface area contributed by atoms with Crippen LogP contribution in [0.25, 0.3) is 11.3 Å². The molecule has 0 aliphatic heterocycles. The molecule has 0 saturated heterocycles. The van der Waals surface area contributed by atoms with Gasteiger partial charge in [0.25, 0.3) is 0 Å². The maximum absolute atomic E-state index is 12.5. The van der Waals surface area contributed by atoms with Crippen molar-refractivity contribution in [2.24, 2.45) is 5.92 Å². The summed E-state index contributed by atoms with van der Waals surface area (Å²) in [5, 5.41) is 9.85. The van der Waals surface area contributed by atoms with Crippen LogP contribution in [0.5, 0.6) is 0 Å². The summed E-state index contributed by atoms with van der Waals surface area (Å²) in [5.74, 6) is 0.281. The summed E-state index contributed by atoms with van der Waals surface area (Å²) in [4.78, 5) is 17.2. The molecule has 28 heavy (non-hydrogen) atoms. The molecule has 2 N–H and O–H groups in total. The van der Waals surface area contributed by atoms with Crippen LogP contribution in [0.15, 0.2) is 53.9 Å². The topological polar surface area (TPSA) is 54.0 Å². The van der Waals surface area contributed by atoms with Crippen molar-refractivity contribution in [3.63, 3.8) is 0 Å². The Bertz CT molecular complexity index is 966. The third-order valence-electron chi connectivity index (χ3n) is 4.98. The highest BCUT2D eigenvalue weighted by Gasteiger charge is 2.21. The summed E-state index contributed by atoms with van der Waals surface area (Å²) in [6.45, 7) is 0. The van der Waals surface area contributed by atoms with E-state index in [0.29, 0.717) is 5.02 Å². The lowest BCUT2D eigenvalue weighted by Gasteiger charge is -2.20. The van der Waals surface area contributed by atoms with Crippen molar-refractivity contribution in [1.82, 2.24) is 4.98 Å². The molecule has 2 aromatic carbocycles. The first kappa shape index (κ1) is 19.0. The van der Waals surface area contributed by atoms with Gasteiger partial charge in [0.1, 0.15) is 0 Å². The van der Waals surface area contributed by atoms with E-state index in [1.165, 1.54) is 17.8 Å². The van der Waals surface area contributed by atoms with Gasteiger partial charge in [-0.2, -0.15) is 0 Å². The average Bonchev–Trinajstić information content (AvgIpc) is 3.17. The van der Waals surface area contributed by atoms with Gasteiger partial charge in [0.2, 0.25) is 5.91 Å². The zero-order valence-electron chi connectivity index (χ0n) is 15.5. The summed E-state index contributed by atoms with van der Waals surface area (Å²) in [5.41, 5.74) is 3.59. The minimum Gasteiger partial charge on any atom is -0.331 e. The minimum atomic E-state index is 0.137. The number of rotatable bonds is 5. The zero-order valence-corrected chi connectivity index (χ0v) is 17.0. The molecule has 1 aliphatic rings. The maximum Gasteiger partial charge on any atom is 0.227 e. The lowest BCUT2D eigenvalue weighted by Crippen LogP contribution is -2.24. The van der Waals surface area contributed by atoms with E-state index in [2.05, 4.69) is 15.6 Å². The third kappa shape index (κ3) is 4.72. The number of benzene rings is 2. The van der Waals surface area contributed by atoms with Gasteiger partial charge in [0.15, 0.2) is 5.13 Å². The quantitative estimate of drug-likeness (QED) is 0.489. The summed E-state index contributed by atoms with van der Waals surface area (Å²) in [7, 11) is 0. The maximum atomic E-state index is 12.5. The number of hydrogen-bond donors (Lipinski definition) is 2. The Morgan fingerprint density at radius 3 is 2.64 bits per heavy atom. The van der Waals surface area contributed by atoms with Crippen molar-refractivity contribution in [2.75, 3.05) is 10.6 Å². The van der Waals surface area contributed by atoms with Gasteiger partial charge >= 0.3 is 0 Å². The molecule has 0 atom stereocenters. The number of amides is 1. The second kappa shape index (κ2) is 8.76. The Morgan fingerprint density at radius 1 is 1.04 bits per heavy atom. The molecule has 144 valence electrons. The Balaban J connectivity index is 1.45. The van der Waals surface area contributed by atoms with Gasteiger partial charge in [-0.05, 0) is 43.2 Å². The van der Waals surface area contributed by atoms with Gasteiger partial charge in [0, 0.05) is 33.3 Å². The fourth-order valence-corrected chi connectivity index (χ4v) is 4.45. The molecule has 0 spiro atoms. The number of thiazole rings is 1. The number of aromatic nitrogens is 1. The van der Waals surface area contributed by atoms with Gasteiger partial charge in [-0.1, -0.05) is 49.1 Å². The summed E-state index contributed by atoms with van der Waals surface area (Å²) < 4.78 is 0. The third-order valence-corrected chi connectivity index (χ3v) is 5.97. The highest BCUT2D eigenvalue weighted by molar-refractivity contribution is 7.14. The van der Waals surface area contributed by atoms with Crippen LogP contribution in [-0.4, -0.2) is 10.9 Å². The molecule has 1 aliphatic carbocycles. The molecule has 1 heterocycles. The lowest BCUT2D eigenvalue weighted by molar-refractivity contribution is -0.120. The van der Waals surface area contributed by atoms with E-state index < -0.39 is 0 Å². The van der Waals surface area contributed by atoms with Crippen LogP contribution in [0.3, 0.4) is 0 Å². The summed E-state index contributed by atoms with van der Waals surface area (Å²) >= 11 is 7.57. The van der Waals surface area contributed by atoms with Gasteiger partial charge in [-0.25, -0.2) is 4.98 Å². The molecule has 1 amide bonds. The highest BCUT2D eigenvalue weighted by atomic mass is 35.5. The zero-order chi connectivity index (χ0) is 19.3. The summed E-state index contributed by atoms with van der Waals surface area (Å²) in [6, 6.07) is 15.4. The Morgan fingerprint density at radius 2 is 1.82 bits per heavy atom. The van der Waals surface area contributed by atoms with E-state index in [1.807, 2.05) is 53.9 Å². The van der Waals surface area contributed by atoms with Crippen molar-refractivity contribution in [3.8, 4) is 11.3 Å². The van der Waals surface area contributed by atoms with Gasteiger partial charge < -0.3 is 10.6 Å². The van der Waals surface area contributed by atoms with Crippen LogP contribution in [0, 0.1) is 5.92 Å². The molecule has 1 aromatic heterocycles.